The number of rotatable bonds is 4. The second-order valence-corrected chi connectivity index (χ2v) is 6.89. The van der Waals surface area contributed by atoms with Gasteiger partial charge in [-0.2, -0.15) is 0 Å². The van der Waals surface area contributed by atoms with Crippen LogP contribution in [0.3, 0.4) is 0 Å². The van der Waals surface area contributed by atoms with Crippen LogP contribution in [0.25, 0.3) is 6.08 Å². The average molecular weight is 389 g/mol. The Morgan fingerprint density at radius 2 is 1.69 bits per heavy atom. The molecule has 0 saturated carbocycles. The third-order valence-electron chi connectivity index (χ3n) is 4.16. The van der Waals surface area contributed by atoms with Gasteiger partial charge in [-0.15, -0.1) is 0 Å². The maximum Gasteiger partial charge on any atom is 0.270 e. The number of hydrogen-bond acceptors (Lipinski definition) is 2. The first kappa shape index (κ1) is 18.5. The van der Waals surface area contributed by atoms with E-state index in [0.29, 0.717) is 18.1 Å². The van der Waals surface area contributed by atoms with Gasteiger partial charge in [0, 0.05) is 18.1 Å². The van der Waals surface area contributed by atoms with Crippen molar-refractivity contribution in [1.29, 1.82) is 0 Å². The summed E-state index contributed by atoms with van der Waals surface area (Å²) in [6.45, 7) is 1.39. The average Bonchev–Trinajstić information content (AvgIpc) is 3.16. The molecule has 6 heteroatoms. The molecule has 1 fully saturated rings. The summed E-state index contributed by atoms with van der Waals surface area (Å²) >= 11 is 12.0. The van der Waals surface area contributed by atoms with Gasteiger partial charge < -0.3 is 10.2 Å². The molecule has 1 heterocycles. The predicted molar refractivity (Wildman–Crippen MR) is 104 cm³/mol. The minimum absolute atomic E-state index is 0.190. The fraction of sp³-hybridized carbons (Fsp3) is 0.200. The van der Waals surface area contributed by atoms with E-state index in [2.05, 4.69) is 5.32 Å². The summed E-state index contributed by atoms with van der Waals surface area (Å²) in [5.41, 5.74) is 1.33. The van der Waals surface area contributed by atoms with E-state index in [4.69, 9.17) is 23.2 Å². The molecular formula is C20H18Cl2N2O2. The van der Waals surface area contributed by atoms with Gasteiger partial charge in [0.05, 0.1) is 10.6 Å². The molecule has 0 radical (unpaired) electrons. The molecule has 134 valence electrons. The lowest BCUT2D eigenvalue weighted by Gasteiger charge is -2.18. The van der Waals surface area contributed by atoms with Crippen molar-refractivity contribution in [3.8, 4) is 0 Å². The lowest BCUT2D eigenvalue weighted by molar-refractivity contribution is -0.126. The van der Waals surface area contributed by atoms with Crippen LogP contribution in [0.4, 0.5) is 0 Å². The molecule has 0 bridgehead atoms. The van der Waals surface area contributed by atoms with E-state index in [-0.39, 0.29) is 22.2 Å². The molecule has 2 aromatic rings. The lowest BCUT2D eigenvalue weighted by atomic mass is 10.1. The molecule has 0 unspecified atom stereocenters. The Kier molecular flexibility index (Phi) is 5.96. The number of halogens is 2. The van der Waals surface area contributed by atoms with Crippen molar-refractivity contribution in [2.45, 2.75) is 12.8 Å². The normalized spacial score (nSPS) is 14.4. The zero-order chi connectivity index (χ0) is 18.5. The number of carbonyl (C=O) groups excluding carboxylic acids is 2. The first-order valence-corrected chi connectivity index (χ1v) is 9.12. The third-order valence-corrected chi connectivity index (χ3v) is 4.71. The first-order valence-electron chi connectivity index (χ1n) is 8.37. The van der Waals surface area contributed by atoms with Gasteiger partial charge in [-0.3, -0.25) is 9.59 Å². The van der Waals surface area contributed by atoms with Crippen LogP contribution < -0.4 is 5.32 Å². The van der Waals surface area contributed by atoms with E-state index in [0.717, 1.165) is 18.4 Å². The van der Waals surface area contributed by atoms with E-state index < -0.39 is 5.91 Å². The molecular weight excluding hydrogens is 371 g/mol. The zero-order valence-electron chi connectivity index (χ0n) is 14.0. The van der Waals surface area contributed by atoms with Crippen molar-refractivity contribution in [3.63, 3.8) is 0 Å². The van der Waals surface area contributed by atoms with Crippen molar-refractivity contribution in [3.05, 3.63) is 75.4 Å². The van der Waals surface area contributed by atoms with Crippen LogP contribution in [0.2, 0.25) is 10.0 Å². The van der Waals surface area contributed by atoms with Crippen LogP contribution >= 0.6 is 23.2 Å². The van der Waals surface area contributed by atoms with Gasteiger partial charge in [0.1, 0.15) is 5.70 Å². The van der Waals surface area contributed by atoms with Gasteiger partial charge in [0.15, 0.2) is 0 Å². The summed E-state index contributed by atoms with van der Waals surface area (Å²) in [6.07, 6.45) is 3.63. The molecule has 1 aliphatic rings. The summed E-state index contributed by atoms with van der Waals surface area (Å²) in [4.78, 5) is 27.2. The Morgan fingerprint density at radius 1 is 1.00 bits per heavy atom. The highest BCUT2D eigenvalue weighted by atomic mass is 35.5. The summed E-state index contributed by atoms with van der Waals surface area (Å²) in [5.74, 6) is -0.633. The van der Waals surface area contributed by atoms with Gasteiger partial charge in [-0.25, -0.2) is 0 Å². The minimum atomic E-state index is -0.443. The van der Waals surface area contributed by atoms with Crippen molar-refractivity contribution in [2.75, 3.05) is 13.1 Å². The number of nitrogens with zero attached hydrogens (tertiary/aromatic N) is 1. The second kappa shape index (κ2) is 8.39. The summed E-state index contributed by atoms with van der Waals surface area (Å²) < 4.78 is 0. The summed E-state index contributed by atoms with van der Waals surface area (Å²) in [6, 6.07) is 14.0. The molecule has 0 aromatic heterocycles. The van der Waals surface area contributed by atoms with Crippen LogP contribution in [0, 0.1) is 0 Å². The molecule has 0 spiro atoms. The third kappa shape index (κ3) is 4.45. The lowest BCUT2D eigenvalue weighted by Crippen LogP contribution is -2.36. The van der Waals surface area contributed by atoms with Crippen LogP contribution in [-0.2, 0) is 4.79 Å². The standard InChI is InChI=1S/C20H18Cl2N2O2/c21-15-8-9-16(17(22)13-15)19(25)23-18(12-14-6-2-1-3-7-14)20(26)24-10-4-5-11-24/h1-3,6-9,12-13H,4-5,10-11H2,(H,23,25)/b18-12+. The topological polar surface area (TPSA) is 49.4 Å². The number of carbonyl (C=O) groups is 2. The second-order valence-electron chi connectivity index (χ2n) is 6.05. The maximum atomic E-state index is 12.8. The fourth-order valence-corrected chi connectivity index (χ4v) is 3.32. The van der Waals surface area contributed by atoms with Gasteiger partial charge in [-0.1, -0.05) is 53.5 Å². The minimum Gasteiger partial charge on any atom is -0.337 e. The van der Waals surface area contributed by atoms with Gasteiger partial charge in [-0.05, 0) is 42.7 Å². The van der Waals surface area contributed by atoms with Crippen molar-refractivity contribution in [1.82, 2.24) is 10.2 Å². The Balaban J connectivity index is 1.88. The van der Waals surface area contributed by atoms with Crippen LogP contribution in [0.1, 0.15) is 28.8 Å². The van der Waals surface area contributed by atoms with Gasteiger partial charge in [0.25, 0.3) is 11.8 Å². The molecule has 0 atom stereocenters. The van der Waals surface area contributed by atoms with E-state index in [9.17, 15) is 9.59 Å². The highest BCUT2D eigenvalue weighted by molar-refractivity contribution is 6.36. The van der Waals surface area contributed by atoms with Crippen molar-refractivity contribution >= 4 is 41.1 Å². The Bertz CT molecular complexity index is 844. The fourth-order valence-electron chi connectivity index (χ4n) is 2.82. The number of hydrogen-bond donors (Lipinski definition) is 1. The Hall–Kier alpha value is -2.30. The molecule has 4 nitrogen and oxygen atoms in total. The number of nitrogens with one attached hydrogen (secondary N) is 1. The van der Waals surface area contributed by atoms with Gasteiger partial charge >= 0.3 is 0 Å². The van der Waals surface area contributed by atoms with Gasteiger partial charge in [0.2, 0.25) is 0 Å². The van der Waals surface area contributed by atoms with E-state index >= 15 is 0 Å². The number of amides is 2. The molecule has 2 aromatic carbocycles. The SMILES string of the molecule is O=C(N/C(=C/c1ccccc1)C(=O)N1CCCC1)c1ccc(Cl)cc1Cl. The monoisotopic (exact) mass is 388 g/mol. The smallest absolute Gasteiger partial charge is 0.270 e. The van der Waals surface area contributed by atoms with E-state index in [1.54, 1.807) is 23.1 Å². The van der Waals surface area contributed by atoms with Crippen molar-refractivity contribution in [2.24, 2.45) is 0 Å². The predicted octanol–water partition coefficient (Wildman–Crippen LogP) is 4.39. The van der Waals surface area contributed by atoms with Crippen molar-refractivity contribution < 1.29 is 9.59 Å². The highest BCUT2D eigenvalue weighted by Crippen LogP contribution is 2.21. The number of likely N-dealkylation sites (tertiary alicyclic amines) is 1. The quantitative estimate of drug-likeness (QED) is 0.789. The molecule has 1 saturated heterocycles. The molecule has 3 rings (SSSR count). The molecule has 0 aliphatic carbocycles. The van der Waals surface area contributed by atoms with E-state index in [1.165, 1.54) is 6.07 Å². The van der Waals surface area contributed by atoms with Crippen LogP contribution in [-0.4, -0.2) is 29.8 Å². The summed E-state index contributed by atoms with van der Waals surface area (Å²) in [7, 11) is 0. The molecule has 1 N–H and O–H groups in total. The maximum absolute atomic E-state index is 12.8. The molecule has 1 aliphatic heterocycles. The Morgan fingerprint density at radius 3 is 2.35 bits per heavy atom. The zero-order valence-corrected chi connectivity index (χ0v) is 15.6. The number of benzene rings is 2. The first-order chi connectivity index (χ1) is 12.5. The van der Waals surface area contributed by atoms with E-state index in [1.807, 2.05) is 30.3 Å². The molecule has 2 amide bonds. The molecule has 26 heavy (non-hydrogen) atoms. The summed E-state index contributed by atoms with van der Waals surface area (Å²) in [5, 5.41) is 3.40. The largest absolute Gasteiger partial charge is 0.337 e. The van der Waals surface area contributed by atoms with Crippen LogP contribution in [0.5, 0.6) is 0 Å². The Labute approximate surface area is 162 Å². The highest BCUT2D eigenvalue weighted by Gasteiger charge is 2.24. The van der Waals surface area contributed by atoms with Crippen LogP contribution in [0.15, 0.2) is 54.2 Å².